The smallest absolute Gasteiger partial charge is 0.252 e. The second-order valence-corrected chi connectivity index (χ2v) is 3.39. The van der Waals surface area contributed by atoms with Crippen LogP contribution in [0, 0.1) is 0 Å². The Morgan fingerprint density at radius 3 is 2.00 bits per heavy atom. The van der Waals surface area contributed by atoms with Crippen LogP contribution in [-0.2, 0) is 4.79 Å². The molecular weight excluding hydrogens is 168 g/mol. The van der Waals surface area contributed by atoms with Gasteiger partial charge >= 0.3 is 0 Å². The molecule has 0 aromatic carbocycles. The summed E-state index contributed by atoms with van der Waals surface area (Å²) < 4.78 is 0.532. The predicted octanol–water partition coefficient (Wildman–Crippen LogP) is -4.46. The average molecular weight is 183 g/mol. The minimum atomic E-state index is -1.03. The fourth-order valence-corrected chi connectivity index (χ4v) is 0.609. The Hall–Kier alpha value is -0.320. The molecule has 0 spiro atoms. The summed E-state index contributed by atoms with van der Waals surface area (Å²) >= 11 is 0. The number of halogens is 1. The molecule has 1 amide bonds. The number of carbonyl (C=O) groups excluding carboxylic acids is 1. The molecule has 0 aliphatic rings. The Labute approximate surface area is 73.0 Å². The summed E-state index contributed by atoms with van der Waals surface area (Å²) in [6.45, 7) is 0.356. The van der Waals surface area contributed by atoms with E-state index in [0.717, 1.165) is 0 Å². The number of aliphatic hydroxyl groups excluding tert-OH is 1. The molecule has 0 fully saturated rings. The number of nitrogens with two attached hydrogens (primary N) is 1. The lowest BCUT2D eigenvalue weighted by atomic mass is 10.3. The normalized spacial score (nSPS) is 13.5. The van der Waals surface area contributed by atoms with E-state index in [9.17, 15) is 4.79 Å². The van der Waals surface area contributed by atoms with Crippen molar-refractivity contribution in [2.24, 2.45) is 5.73 Å². The zero-order chi connectivity index (χ0) is 8.36. The highest BCUT2D eigenvalue weighted by atomic mass is 35.5. The number of primary amides is 1. The molecule has 1 unspecified atom stereocenters. The first-order valence-electron chi connectivity index (χ1n) is 3.11. The number of rotatable bonds is 3. The maximum atomic E-state index is 10.3. The number of hydrogen-bond acceptors (Lipinski definition) is 2. The lowest BCUT2D eigenvalue weighted by molar-refractivity contribution is -0.872. The van der Waals surface area contributed by atoms with E-state index in [2.05, 4.69) is 0 Å². The second-order valence-electron chi connectivity index (χ2n) is 3.39. The summed E-state index contributed by atoms with van der Waals surface area (Å²) in [4.78, 5) is 10.3. The first-order chi connectivity index (χ1) is 4.33. The van der Waals surface area contributed by atoms with Gasteiger partial charge in [0.2, 0.25) is 0 Å². The Balaban J connectivity index is 0. The van der Waals surface area contributed by atoms with Crippen LogP contribution in [0.3, 0.4) is 0 Å². The maximum absolute atomic E-state index is 10.3. The molecule has 0 saturated carbocycles. The number of likely N-dealkylation sites (N-methyl/N-ethyl adjacent to an activating group) is 1. The highest BCUT2D eigenvalue weighted by Gasteiger charge is 2.19. The molecule has 0 aromatic rings. The number of quaternary nitrogens is 1. The molecule has 0 bridgehead atoms. The van der Waals surface area contributed by atoms with Gasteiger partial charge in [0.15, 0.2) is 6.10 Å². The Bertz CT molecular complexity index is 133. The van der Waals surface area contributed by atoms with Gasteiger partial charge in [-0.2, -0.15) is 0 Å². The molecule has 11 heavy (non-hydrogen) atoms. The van der Waals surface area contributed by atoms with Crippen molar-refractivity contribution in [1.29, 1.82) is 0 Å². The summed E-state index contributed by atoms with van der Waals surface area (Å²) in [5.41, 5.74) is 4.84. The van der Waals surface area contributed by atoms with Crippen molar-refractivity contribution in [2.75, 3.05) is 27.7 Å². The quantitative estimate of drug-likeness (QED) is 0.433. The van der Waals surface area contributed by atoms with Gasteiger partial charge in [0.1, 0.15) is 6.54 Å². The molecule has 68 valence electrons. The molecule has 0 saturated heterocycles. The van der Waals surface area contributed by atoms with Crippen LogP contribution in [0.5, 0.6) is 0 Å². The predicted molar refractivity (Wildman–Crippen MR) is 38.1 cm³/mol. The first-order valence-corrected chi connectivity index (χ1v) is 3.11. The van der Waals surface area contributed by atoms with E-state index >= 15 is 0 Å². The molecule has 0 heterocycles. The summed E-state index contributed by atoms with van der Waals surface area (Å²) in [5.74, 6) is -0.659. The SMILES string of the molecule is C[N+](C)(C)CC(O)C(N)=O.[Cl-]. The third-order valence-electron chi connectivity index (χ3n) is 1.05. The summed E-state index contributed by atoms with van der Waals surface area (Å²) in [6.07, 6.45) is -1.03. The van der Waals surface area contributed by atoms with Crippen LogP contribution in [0.2, 0.25) is 0 Å². The molecule has 1 atom stereocenters. The molecule has 0 aliphatic heterocycles. The minimum absolute atomic E-state index is 0. The monoisotopic (exact) mass is 182 g/mol. The minimum Gasteiger partial charge on any atom is -1.00 e. The number of nitrogens with zero attached hydrogens (tertiary/aromatic N) is 1. The van der Waals surface area contributed by atoms with Crippen LogP contribution >= 0.6 is 0 Å². The molecule has 4 nitrogen and oxygen atoms in total. The van der Waals surface area contributed by atoms with Gasteiger partial charge in [0.05, 0.1) is 21.1 Å². The van der Waals surface area contributed by atoms with E-state index in [4.69, 9.17) is 10.8 Å². The van der Waals surface area contributed by atoms with Crippen LogP contribution in [-0.4, -0.2) is 49.3 Å². The molecule has 0 aromatic heterocycles. The van der Waals surface area contributed by atoms with Crippen molar-refractivity contribution in [1.82, 2.24) is 0 Å². The van der Waals surface area contributed by atoms with Gasteiger partial charge in [-0.3, -0.25) is 4.79 Å². The van der Waals surface area contributed by atoms with E-state index in [0.29, 0.717) is 11.0 Å². The molecular formula is C6H15ClN2O2. The van der Waals surface area contributed by atoms with Gasteiger partial charge in [-0.1, -0.05) is 0 Å². The Kier molecular flexibility index (Phi) is 5.48. The van der Waals surface area contributed by atoms with Crippen molar-refractivity contribution < 1.29 is 26.8 Å². The topological polar surface area (TPSA) is 63.3 Å². The van der Waals surface area contributed by atoms with E-state index in [1.807, 2.05) is 21.1 Å². The molecule has 0 rings (SSSR count). The van der Waals surface area contributed by atoms with Crippen molar-refractivity contribution in [3.05, 3.63) is 0 Å². The second kappa shape index (κ2) is 4.54. The van der Waals surface area contributed by atoms with Crippen LogP contribution in [0.4, 0.5) is 0 Å². The van der Waals surface area contributed by atoms with E-state index in [1.54, 1.807) is 0 Å². The summed E-state index contributed by atoms with van der Waals surface area (Å²) in [7, 11) is 5.64. The van der Waals surface area contributed by atoms with E-state index < -0.39 is 12.0 Å². The highest BCUT2D eigenvalue weighted by Crippen LogP contribution is 1.93. The third kappa shape index (κ3) is 7.58. The average Bonchev–Trinajstić information content (AvgIpc) is 1.60. The first kappa shape index (κ1) is 13.3. The zero-order valence-electron chi connectivity index (χ0n) is 7.04. The van der Waals surface area contributed by atoms with Crippen LogP contribution in [0.25, 0.3) is 0 Å². The van der Waals surface area contributed by atoms with Gasteiger partial charge in [-0.15, -0.1) is 0 Å². The maximum Gasteiger partial charge on any atom is 0.252 e. The lowest BCUT2D eigenvalue weighted by Crippen LogP contribution is -3.00. The fraction of sp³-hybridized carbons (Fsp3) is 0.833. The summed E-state index contributed by atoms with van der Waals surface area (Å²) in [5, 5.41) is 8.97. The Morgan fingerprint density at radius 1 is 1.55 bits per heavy atom. The molecule has 5 heteroatoms. The summed E-state index contributed by atoms with van der Waals surface area (Å²) in [6, 6.07) is 0. The van der Waals surface area contributed by atoms with Crippen molar-refractivity contribution >= 4 is 5.91 Å². The fourth-order valence-electron chi connectivity index (χ4n) is 0.609. The van der Waals surface area contributed by atoms with Crippen molar-refractivity contribution in [3.63, 3.8) is 0 Å². The van der Waals surface area contributed by atoms with E-state index in [-0.39, 0.29) is 12.4 Å². The molecule has 0 radical (unpaired) electrons. The van der Waals surface area contributed by atoms with E-state index in [1.165, 1.54) is 0 Å². The number of carbonyl (C=O) groups is 1. The third-order valence-corrected chi connectivity index (χ3v) is 1.05. The number of amides is 1. The number of aliphatic hydroxyl groups is 1. The Morgan fingerprint density at radius 2 is 1.91 bits per heavy atom. The molecule has 3 N–H and O–H groups in total. The highest BCUT2D eigenvalue weighted by molar-refractivity contribution is 5.78. The number of hydrogen-bond donors (Lipinski definition) is 2. The molecule has 0 aliphatic carbocycles. The van der Waals surface area contributed by atoms with Gasteiger partial charge in [-0.25, -0.2) is 0 Å². The van der Waals surface area contributed by atoms with Crippen LogP contribution in [0.1, 0.15) is 0 Å². The van der Waals surface area contributed by atoms with Gasteiger partial charge in [0.25, 0.3) is 5.91 Å². The standard InChI is InChI=1S/C6H14N2O2.ClH/c1-8(2,3)4-5(9)6(7)10;/h5,9H,4H2,1-3H3,(H-,7,10);1H. The largest absolute Gasteiger partial charge is 1.00 e. The van der Waals surface area contributed by atoms with Crippen LogP contribution in [0.15, 0.2) is 0 Å². The van der Waals surface area contributed by atoms with Gasteiger partial charge in [0, 0.05) is 0 Å². The van der Waals surface area contributed by atoms with Crippen LogP contribution < -0.4 is 18.1 Å². The zero-order valence-corrected chi connectivity index (χ0v) is 7.80. The van der Waals surface area contributed by atoms with Gasteiger partial charge in [-0.05, 0) is 0 Å². The van der Waals surface area contributed by atoms with Crippen molar-refractivity contribution in [3.8, 4) is 0 Å². The lowest BCUT2D eigenvalue weighted by Gasteiger charge is -2.25. The van der Waals surface area contributed by atoms with Crippen molar-refractivity contribution in [2.45, 2.75) is 6.10 Å². The van der Waals surface area contributed by atoms with Gasteiger partial charge < -0.3 is 27.7 Å².